The largest absolute Gasteiger partial charge is 0.352 e. The van der Waals surface area contributed by atoms with E-state index in [9.17, 15) is 0 Å². The number of likely N-dealkylation sites (N-methyl/N-ethyl adjacent to an activating group) is 1. The molecule has 6 heteroatoms. The number of nitrogens with zero attached hydrogens (tertiary/aromatic N) is 5. The predicted molar refractivity (Wildman–Crippen MR) is 115 cm³/mol. The fraction of sp³-hybridized carbons (Fsp3) is 0.571. The highest BCUT2D eigenvalue weighted by molar-refractivity contribution is 6.42. The van der Waals surface area contributed by atoms with Crippen LogP contribution < -0.4 is 0 Å². The minimum atomic E-state index is 0.343. The van der Waals surface area contributed by atoms with Crippen LogP contribution in [0.1, 0.15) is 31.4 Å². The van der Waals surface area contributed by atoms with Gasteiger partial charge < -0.3 is 9.80 Å². The molecule has 1 fully saturated rings. The summed E-state index contributed by atoms with van der Waals surface area (Å²) < 4.78 is 1.89. The standard InChI is InChI=1S/C21H31ClN5/c1-6-26(5)24-20-15(2)7-8-17-13-16(3)18(22)14-19(17)23-21(20)27-11-9-25(4)10-12-27/h6,13-15H,7-12H2,1-5H3/q+1. The molecule has 1 unspecified atom stereocenters. The zero-order valence-electron chi connectivity index (χ0n) is 17.2. The molecule has 27 heavy (non-hydrogen) atoms. The molecule has 2 heterocycles. The summed E-state index contributed by atoms with van der Waals surface area (Å²) >= 11 is 6.43. The maximum Gasteiger partial charge on any atom is 0.169 e. The van der Waals surface area contributed by atoms with Crippen molar-refractivity contribution in [2.75, 3.05) is 40.3 Å². The second kappa shape index (κ2) is 8.53. The van der Waals surface area contributed by atoms with Gasteiger partial charge in [-0.2, -0.15) is 0 Å². The molecule has 2 aliphatic rings. The maximum absolute atomic E-state index is 6.43. The van der Waals surface area contributed by atoms with E-state index >= 15 is 0 Å². The number of hydrogen-bond acceptors (Lipinski definition) is 4. The van der Waals surface area contributed by atoms with Crippen molar-refractivity contribution in [2.24, 2.45) is 16.0 Å². The third-order valence-electron chi connectivity index (χ3n) is 5.57. The van der Waals surface area contributed by atoms with Gasteiger partial charge in [-0.05, 0) is 49.1 Å². The van der Waals surface area contributed by atoms with Gasteiger partial charge in [-0.25, -0.2) is 4.99 Å². The minimum absolute atomic E-state index is 0.343. The highest BCUT2D eigenvalue weighted by Gasteiger charge is 2.29. The first kappa shape index (κ1) is 20.0. The van der Waals surface area contributed by atoms with E-state index in [1.54, 1.807) is 0 Å². The molecule has 1 aromatic carbocycles. The Labute approximate surface area is 168 Å². The Morgan fingerprint density at radius 3 is 2.63 bits per heavy atom. The summed E-state index contributed by atoms with van der Waals surface area (Å²) in [6, 6.07) is 4.22. The molecule has 0 aromatic heterocycles. The van der Waals surface area contributed by atoms with Gasteiger partial charge in [0.05, 0.1) is 5.69 Å². The number of benzene rings is 1. The van der Waals surface area contributed by atoms with E-state index in [0.717, 1.165) is 66.8 Å². The van der Waals surface area contributed by atoms with E-state index in [4.69, 9.17) is 21.7 Å². The van der Waals surface area contributed by atoms with Crippen molar-refractivity contribution >= 4 is 35.1 Å². The monoisotopic (exact) mass is 388 g/mol. The summed E-state index contributed by atoms with van der Waals surface area (Å²) in [5.41, 5.74) is 4.46. The average Bonchev–Trinajstić information content (AvgIpc) is 2.65. The van der Waals surface area contributed by atoms with Crippen molar-refractivity contribution in [1.29, 1.82) is 0 Å². The van der Waals surface area contributed by atoms with Crippen molar-refractivity contribution in [3.63, 3.8) is 0 Å². The summed E-state index contributed by atoms with van der Waals surface area (Å²) in [6.45, 7) is 10.3. The molecular formula is C21H31ClN5+. The second-order valence-corrected chi connectivity index (χ2v) is 8.12. The van der Waals surface area contributed by atoms with Crippen molar-refractivity contribution in [1.82, 2.24) is 9.80 Å². The quantitative estimate of drug-likeness (QED) is 0.418. The molecule has 2 aliphatic heterocycles. The Hall–Kier alpha value is -1.72. The van der Waals surface area contributed by atoms with Gasteiger partial charge in [-0.1, -0.05) is 29.3 Å². The van der Waals surface area contributed by atoms with Crippen LogP contribution in [0.15, 0.2) is 22.2 Å². The number of aliphatic imine (C=N–C) groups is 1. The Bertz CT molecular complexity index is 788. The topological polar surface area (TPSA) is 34.2 Å². The van der Waals surface area contributed by atoms with Crippen LogP contribution in [-0.2, 0) is 6.42 Å². The smallest absolute Gasteiger partial charge is 0.169 e. The highest BCUT2D eigenvalue weighted by atomic mass is 35.5. The fourth-order valence-electron chi connectivity index (χ4n) is 3.56. The van der Waals surface area contributed by atoms with E-state index in [1.807, 2.05) is 30.9 Å². The number of hydrazone groups is 1. The highest BCUT2D eigenvalue weighted by Crippen LogP contribution is 2.32. The number of aryl methyl sites for hydroxylation is 2. The van der Waals surface area contributed by atoms with Crippen LogP contribution in [0.4, 0.5) is 5.69 Å². The van der Waals surface area contributed by atoms with Crippen LogP contribution >= 0.6 is 11.6 Å². The molecule has 0 radical (unpaired) electrons. The van der Waals surface area contributed by atoms with Gasteiger partial charge in [0, 0.05) is 44.0 Å². The molecule has 0 aliphatic carbocycles. The lowest BCUT2D eigenvalue weighted by atomic mass is 9.92. The number of fused-ring (bicyclic) bond motifs is 1. The van der Waals surface area contributed by atoms with Crippen molar-refractivity contribution < 1.29 is 4.68 Å². The summed E-state index contributed by atoms with van der Waals surface area (Å²) in [7, 11) is 4.15. The van der Waals surface area contributed by atoms with E-state index in [1.165, 1.54) is 5.56 Å². The zero-order valence-corrected chi connectivity index (χ0v) is 17.9. The number of rotatable bonds is 1. The van der Waals surface area contributed by atoms with Gasteiger partial charge in [0.25, 0.3) is 0 Å². The Balaban J connectivity index is 2.13. The van der Waals surface area contributed by atoms with Crippen LogP contribution in [0.25, 0.3) is 0 Å². The molecular weight excluding hydrogens is 358 g/mol. The summed E-state index contributed by atoms with van der Waals surface area (Å²) in [5, 5.41) is 5.68. The third kappa shape index (κ3) is 4.58. The Kier molecular flexibility index (Phi) is 6.33. The lowest BCUT2D eigenvalue weighted by molar-refractivity contribution is -0.498. The second-order valence-electron chi connectivity index (χ2n) is 7.71. The van der Waals surface area contributed by atoms with Crippen LogP contribution in [-0.4, -0.2) is 72.5 Å². The number of halogens is 1. The van der Waals surface area contributed by atoms with Gasteiger partial charge in [0.15, 0.2) is 24.8 Å². The molecule has 5 nitrogen and oxygen atoms in total. The summed E-state index contributed by atoms with van der Waals surface area (Å²) in [4.78, 5) is 9.89. The minimum Gasteiger partial charge on any atom is -0.352 e. The van der Waals surface area contributed by atoms with Crippen molar-refractivity contribution in [3.8, 4) is 0 Å². The van der Waals surface area contributed by atoms with Gasteiger partial charge in [0.2, 0.25) is 0 Å². The van der Waals surface area contributed by atoms with Crippen LogP contribution in [0, 0.1) is 12.8 Å². The predicted octanol–water partition coefficient (Wildman–Crippen LogP) is 3.60. The molecule has 1 aromatic rings. The first-order chi connectivity index (χ1) is 12.9. The summed E-state index contributed by atoms with van der Waals surface area (Å²) in [5.74, 6) is 1.35. The molecule has 0 spiro atoms. The molecule has 1 atom stereocenters. The van der Waals surface area contributed by atoms with Crippen LogP contribution in [0.3, 0.4) is 0 Å². The van der Waals surface area contributed by atoms with Crippen LogP contribution in [0.2, 0.25) is 5.02 Å². The van der Waals surface area contributed by atoms with Gasteiger partial charge in [0.1, 0.15) is 0 Å². The van der Waals surface area contributed by atoms with Gasteiger partial charge in [-0.3, -0.25) is 0 Å². The maximum atomic E-state index is 6.43. The Morgan fingerprint density at radius 1 is 1.26 bits per heavy atom. The van der Waals surface area contributed by atoms with E-state index in [-0.39, 0.29) is 0 Å². The molecule has 1 saturated heterocycles. The van der Waals surface area contributed by atoms with Crippen molar-refractivity contribution in [2.45, 2.75) is 33.6 Å². The molecule has 3 rings (SSSR count). The number of piperazine rings is 1. The fourth-order valence-corrected chi connectivity index (χ4v) is 3.72. The SMILES string of the molecule is CC=[N+](C)N=C1C(N2CCN(C)CC2)=Nc2cc(Cl)c(C)cc2CCC1C. The van der Waals surface area contributed by atoms with Crippen LogP contribution in [0.5, 0.6) is 0 Å². The first-order valence-electron chi connectivity index (χ1n) is 9.81. The number of amidine groups is 1. The Morgan fingerprint density at radius 2 is 1.96 bits per heavy atom. The first-order valence-corrected chi connectivity index (χ1v) is 10.2. The average molecular weight is 389 g/mol. The summed E-state index contributed by atoms with van der Waals surface area (Å²) in [6.07, 6.45) is 4.03. The van der Waals surface area contributed by atoms with E-state index in [0.29, 0.717) is 5.92 Å². The lowest BCUT2D eigenvalue weighted by Crippen LogP contribution is -2.50. The van der Waals surface area contributed by atoms with E-state index in [2.05, 4.69) is 36.8 Å². The molecule has 0 saturated carbocycles. The molecule has 0 amide bonds. The molecule has 0 bridgehead atoms. The van der Waals surface area contributed by atoms with Gasteiger partial charge >= 0.3 is 0 Å². The van der Waals surface area contributed by atoms with Crippen molar-refractivity contribution in [3.05, 3.63) is 28.3 Å². The van der Waals surface area contributed by atoms with E-state index < -0.39 is 0 Å². The zero-order chi connectivity index (χ0) is 19.6. The lowest BCUT2D eigenvalue weighted by Gasteiger charge is -2.36. The number of hydrogen-bond donors (Lipinski definition) is 0. The van der Waals surface area contributed by atoms with Gasteiger partial charge in [-0.15, -0.1) is 0 Å². The molecule has 146 valence electrons. The normalized spacial score (nSPS) is 23.7. The molecule has 0 N–H and O–H groups in total. The third-order valence-corrected chi connectivity index (χ3v) is 5.98.